The molecule has 1 aliphatic rings. The predicted octanol–water partition coefficient (Wildman–Crippen LogP) is 3.43. The van der Waals surface area contributed by atoms with E-state index in [9.17, 15) is 19.5 Å². The molecule has 1 aliphatic heterocycles. The number of carboxylic acid groups (broad SMARTS) is 1. The van der Waals surface area contributed by atoms with E-state index in [1.165, 1.54) is 11.0 Å². The third-order valence-corrected chi connectivity index (χ3v) is 5.50. The van der Waals surface area contributed by atoms with Gasteiger partial charge in [0, 0.05) is 11.3 Å². The first kappa shape index (κ1) is 17.2. The SMILES string of the molecule is Cc1ccc(N2C(=O)C[C@@H](Sc3ccccc3C(=O)O)C2=O)cc1C. The minimum absolute atomic E-state index is 0.0599. The van der Waals surface area contributed by atoms with Crippen LogP contribution in [0.3, 0.4) is 0 Å². The van der Waals surface area contributed by atoms with Gasteiger partial charge in [0.25, 0.3) is 0 Å². The molecule has 0 unspecified atom stereocenters. The first-order valence-electron chi connectivity index (χ1n) is 7.81. The maximum absolute atomic E-state index is 12.7. The normalized spacial score (nSPS) is 17.2. The zero-order valence-corrected chi connectivity index (χ0v) is 14.7. The maximum atomic E-state index is 12.7. The topological polar surface area (TPSA) is 74.7 Å². The summed E-state index contributed by atoms with van der Waals surface area (Å²) in [6.07, 6.45) is 0.0599. The number of carboxylic acids is 1. The van der Waals surface area contributed by atoms with E-state index < -0.39 is 11.2 Å². The van der Waals surface area contributed by atoms with E-state index in [1.54, 1.807) is 24.3 Å². The molecule has 2 aromatic carbocycles. The molecule has 0 aliphatic carbocycles. The molecule has 0 radical (unpaired) electrons. The Balaban J connectivity index is 1.87. The lowest BCUT2D eigenvalue weighted by molar-refractivity contribution is -0.121. The van der Waals surface area contributed by atoms with Crippen molar-refractivity contribution in [2.75, 3.05) is 4.90 Å². The van der Waals surface area contributed by atoms with Gasteiger partial charge in [-0.2, -0.15) is 0 Å². The molecule has 128 valence electrons. The summed E-state index contributed by atoms with van der Waals surface area (Å²) in [5.41, 5.74) is 2.79. The van der Waals surface area contributed by atoms with Crippen LogP contribution >= 0.6 is 11.8 Å². The van der Waals surface area contributed by atoms with Crippen molar-refractivity contribution in [3.8, 4) is 0 Å². The predicted molar refractivity (Wildman–Crippen MR) is 96.1 cm³/mol. The summed E-state index contributed by atoms with van der Waals surface area (Å²) in [7, 11) is 0. The Morgan fingerprint density at radius 1 is 1.12 bits per heavy atom. The van der Waals surface area contributed by atoms with E-state index >= 15 is 0 Å². The van der Waals surface area contributed by atoms with Gasteiger partial charge in [-0.05, 0) is 49.2 Å². The van der Waals surface area contributed by atoms with Crippen molar-refractivity contribution >= 4 is 35.2 Å². The van der Waals surface area contributed by atoms with E-state index in [0.717, 1.165) is 22.9 Å². The van der Waals surface area contributed by atoms with Crippen LogP contribution in [0.4, 0.5) is 5.69 Å². The van der Waals surface area contributed by atoms with Crippen molar-refractivity contribution < 1.29 is 19.5 Å². The van der Waals surface area contributed by atoms with Crippen LogP contribution in [0.15, 0.2) is 47.4 Å². The van der Waals surface area contributed by atoms with Crippen LogP contribution in [-0.4, -0.2) is 28.1 Å². The number of anilines is 1. The van der Waals surface area contributed by atoms with Crippen molar-refractivity contribution in [3.05, 3.63) is 59.2 Å². The molecule has 1 atom stereocenters. The highest BCUT2D eigenvalue weighted by atomic mass is 32.2. The van der Waals surface area contributed by atoms with E-state index in [1.807, 2.05) is 26.0 Å². The average molecular weight is 355 g/mol. The average Bonchev–Trinajstić information content (AvgIpc) is 2.84. The maximum Gasteiger partial charge on any atom is 0.336 e. The quantitative estimate of drug-likeness (QED) is 0.851. The second-order valence-electron chi connectivity index (χ2n) is 5.95. The number of carbonyl (C=O) groups is 3. The summed E-state index contributed by atoms with van der Waals surface area (Å²) in [6, 6.07) is 12.0. The van der Waals surface area contributed by atoms with Crippen LogP contribution in [0.1, 0.15) is 27.9 Å². The van der Waals surface area contributed by atoms with Crippen LogP contribution in [0.2, 0.25) is 0 Å². The first-order valence-corrected chi connectivity index (χ1v) is 8.69. The number of aryl methyl sites for hydroxylation is 2. The molecule has 0 spiro atoms. The summed E-state index contributed by atoms with van der Waals surface area (Å²) in [6.45, 7) is 3.90. The molecule has 25 heavy (non-hydrogen) atoms. The second kappa shape index (κ2) is 6.72. The second-order valence-corrected chi connectivity index (χ2v) is 7.19. The Kier molecular flexibility index (Phi) is 4.63. The smallest absolute Gasteiger partial charge is 0.336 e. The number of hydrogen-bond donors (Lipinski definition) is 1. The van der Waals surface area contributed by atoms with E-state index in [-0.39, 0.29) is 23.8 Å². The number of benzene rings is 2. The fourth-order valence-electron chi connectivity index (χ4n) is 2.73. The van der Waals surface area contributed by atoms with Crippen molar-refractivity contribution in [3.63, 3.8) is 0 Å². The highest BCUT2D eigenvalue weighted by Gasteiger charge is 2.40. The van der Waals surface area contributed by atoms with Gasteiger partial charge in [-0.15, -0.1) is 11.8 Å². The number of nitrogens with zero attached hydrogens (tertiary/aromatic N) is 1. The Hall–Kier alpha value is -2.60. The summed E-state index contributed by atoms with van der Waals surface area (Å²) in [5, 5.41) is 8.65. The molecule has 5 nitrogen and oxygen atoms in total. The summed E-state index contributed by atoms with van der Waals surface area (Å²) in [4.78, 5) is 38.1. The fraction of sp³-hybridized carbons (Fsp3) is 0.211. The van der Waals surface area contributed by atoms with Crippen molar-refractivity contribution in [2.24, 2.45) is 0 Å². The highest BCUT2D eigenvalue weighted by molar-refractivity contribution is 8.00. The summed E-state index contributed by atoms with van der Waals surface area (Å²) >= 11 is 1.13. The third-order valence-electron chi connectivity index (χ3n) is 4.24. The number of aromatic carboxylic acids is 1. The Labute approximate surface area is 149 Å². The van der Waals surface area contributed by atoms with E-state index in [0.29, 0.717) is 10.6 Å². The molecule has 1 fully saturated rings. The van der Waals surface area contributed by atoms with Gasteiger partial charge in [0.1, 0.15) is 0 Å². The number of thioether (sulfide) groups is 1. The van der Waals surface area contributed by atoms with Gasteiger partial charge in [0.05, 0.1) is 16.5 Å². The summed E-state index contributed by atoms with van der Waals surface area (Å²) < 4.78 is 0. The first-order chi connectivity index (χ1) is 11.9. The molecule has 0 aromatic heterocycles. The van der Waals surface area contributed by atoms with Crippen LogP contribution in [0, 0.1) is 13.8 Å². The molecule has 3 rings (SSSR count). The Morgan fingerprint density at radius 3 is 2.52 bits per heavy atom. The summed E-state index contributed by atoms with van der Waals surface area (Å²) in [5.74, 6) is -1.62. The van der Waals surface area contributed by atoms with Crippen LogP contribution < -0.4 is 4.90 Å². The van der Waals surface area contributed by atoms with Gasteiger partial charge in [-0.3, -0.25) is 9.59 Å². The van der Waals surface area contributed by atoms with Gasteiger partial charge in [-0.25, -0.2) is 9.69 Å². The number of imide groups is 1. The van der Waals surface area contributed by atoms with Crippen LogP contribution in [0.5, 0.6) is 0 Å². The molecular formula is C19H17NO4S. The van der Waals surface area contributed by atoms with Crippen molar-refractivity contribution in [2.45, 2.75) is 30.4 Å². The largest absolute Gasteiger partial charge is 0.478 e. The molecule has 2 amide bonds. The number of carbonyl (C=O) groups excluding carboxylic acids is 2. The Morgan fingerprint density at radius 2 is 1.84 bits per heavy atom. The van der Waals surface area contributed by atoms with Crippen molar-refractivity contribution in [1.82, 2.24) is 0 Å². The van der Waals surface area contributed by atoms with Crippen molar-refractivity contribution in [1.29, 1.82) is 0 Å². The van der Waals surface area contributed by atoms with Crippen LogP contribution in [-0.2, 0) is 9.59 Å². The van der Waals surface area contributed by atoms with Gasteiger partial charge in [0.15, 0.2) is 0 Å². The molecule has 1 saturated heterocycles. The lowest BCUT2D eigenvalue weighted by Crippen LogP contribution is -2.31. The molecule has 6 heteroatoms. The van der Waals surface area contributed by atoms with Gasteiger partial charge in [-0.1, -0.05) is 18.2 Å². The molecule has 0 bridgehead atoms. The van der Waals surface area contributed by atoms with Gasteiger partial charge < -0.3 is 5.11 Å². The lowest BCUT2D eigenvalue weighted by atomic mass is 10.1. The molecular weight excluding hydrogens is 338 g/mol. The van der Waals surface area contributed by atoms with Gasteiger partial charge in [0.2, 0.25) is 11.8 Å². The van der Waals surface area contributed by atoms with E-state index in [4.69, 9.17) is 0 Å². The zero-order chi connectivity index (χ0) is 18.1. The fourth-order valence-corrected chi connectivity index (χ4v) is 3.91. The lowest BCUT2D eigenvalue weighted by Gasteiger charge is -2.16. The number of rotatable bonds is 4. The molecule has 2 aromatic rings. The van der Waals surface area contributed by atoms with E-state index in [2.05, 4.69) is 0 Å². The Bertz CT molecular complexity index is 877. The number of amides is 2. The zero-order valence-electron chi connectivity index (χ0n) is 13.9. The highest BCUT2D eigenvalue weighted by Crippen LogP contribution is 2.35. The monoisotopic (exact) mass is 355 g/mol. The standard InChI is InChI=1S/C19H17NO4S/c1-11-7-8-13(9-12(11)2)20-17(21)10-16(18(20)22)25-15-6-4-3-5-14(15)19(23)24/h3-9,16H,10H2,1-2H3,(H,23,24)/t16-/m1/s1. The van der Waals surface area contributed by atoms with Crippen LogP contribution in [0.25, 0.3) is 0 Å². The number of hydrogen-bond acceptors (Lipinski definition) is 4. The van der Waals surface area contributed by atoms with Gasteiger partial charge >= 0.3 is 5.97 Å². The minimum atomic E-state index is -1.05. The molecule has 1 heterocycles. The minimum Gasteiger partial charge on any atom is -0.478 e. The molecule has 0 saturated carbocycles. The third kappa shape index (κ3) is 3.30. The molecule has 1 N–H and O–H groups in total.